The molecule has 1 aromatic carbocycles. The van der Waals surface area contributed by atoms with Gasteiger partial charge in [-0.15, -0.1) is 0 Å². The van der Waals surface area contributed by atoms with Crippen LogP contribution in [0, 0.1) is 0 Å². The second-order valence-electron chi connectivity index (χ2n) is 13.8. The first-order chi connectivity index (χ1) is 24.4. The van der Waals surface area contributed by atoms with E-state index in [4.69, 9.17) is 57.1 Å². The van der Waals surface area contributed by atoms with E-state index in [1.807, 2.05) is 30.3 Å². The average Bonchev–Trinajstić information content (AvgIpc) is 3.42. The van der Waals surface area contributed by atoms with Crippen LogP contribution in [0.3, 0.4) is 0 Å². The summed E-state index contributed by atoms with van der Waals surface area (Å²) >= 11 is 0. The Labute approximate surface area is 295 Å². The van der Waals surface area contributed by atoms with E-state index >= 15 is 0 Å². The standard InChI is InChI=1S/C32H56N6O13/c33-10-16-22(41)24(43)19(36)30(46-16)50-28-18(12-39)48-32(26(28)45)51-29-21(40)14(34)9-15(35)27(29)49-31-20(37)25(44)23(42)17(47-31)11-38-8-4-7-13-5-2-1-3-6-13/h1-3,5-6,14-32,38-45H,4,7-12,33-37H2/t14-,15+,16+,17-,18-,19-,20-,21+,22-,23-,24-,25-,26-,27-,28-,29-,30-,31-,32+/m1/s1. The van der Waals surface area contributed by atoms with Gasteiger partial charge in [-0.2, -0.15) is 0 Å². The van der Waals surface area contributed by atoms with Gasteiger partial charge >= 0.3 is 0 Å². The lowest BCUT2D eigenvalue weighted by Crippen LogP contribution is -2.68. The molecule has 1 aliphatic carbocycles. The maximum absolute atomic E-state index is 11.3. The highest BCUT2D eigenvalue weighted by Gasteiger charge is 2.54. The molecule has 0 unspecified atom stereocenters. The van der Waals surface area contributed by atoms with Crippen LogP contribution in [0.1, 0.15) is 18.4 Å². The van der Waals surface area contributed by atoms with Crippen molar-refractivity contribution in [2.24, 2.45) is 28.7 Å². The molecule has 3 heterocycles. The first-order valence-electron chi connectivity index (χ1n) is 17.4. The molecule has 3 saturated heterocycles. The Hall–Kier alpha value is -1.54. The fourth-order valence-corrected chi connectivity index (χ4v) is 7.02. The summed E-state index contributed by atoms with van der Waals surface area (Å²) in [5.41, 5.74) is 31.7. The summed E-state index contributed by atoms with van der Waals surface area (Å²) < 4.78 is 35.5. The van der Waals surface area contributed by atoms with E-state index in [1.165, 1.54) is 5.56 Å². The molecule has 0 bridgehead atoms. The Balaban J connectivity index is 1.23. The number of aliphatic hydroxyl groups excluding tert-OH is 7. The topological polar surface area (TPSA) is 339 Å². The number of rotatable bonds is 14. The smallest absolute Gasteiger partial charge is 0.187 e. The second-order valence-corrected chi connectivity index (χ2v) is 13.8. The van der Waals surface area contributed by atoms with Crippen LogP contribution in [0.2, 0.25) is 0 Å². The van der Waals surface area contributed by atoms with E-state index in [0.29, 0.717) is 6.54 Å². The first-order valence-corrected chi connectivity index (χ1v) is 17.4. The molecule has 1 saturated carbocycles. The fourth-order valence-electron chi connectivity index (χ4n) is 7.02. The van der Waals surface area contributed by atoms with Gasteiger partial charge in [-0.25, -0.2) is 0 Å². The zero-order chi connectivity index (χ0) is 37.0. The minimum absolute atomic E-state index is 0.0949. The van der Waals surface area contributed by atoms with Gasteiger partial charge in [-0.3, -0.25) is 0 Å². The molecule has 0 spiro atoms. The molecule has 4 aliphatic rings. The molecule has 292 valence electrons. The van der Waals surface area contributed by atoms with Crippen LogP contribution >= 0.6 is 0 Å². The zero-order valence-electron chi connectivity index (χ0n) is 28.3. The van der Waals surface area contributed by atoms with E-state index in [-0.39, 0.29) is 19.5 Å². The third-order valence-corrected chi connectivity index (χ3v) is 10.1. The van der Waals surface area contributed by atoms with Gasteiger partial charge in [0.05, 0.1) is 24.8 Å². The summed E-state index contributed by atoms with van der Waals surface area (Å²) in [5.74, 6) is 0. The third-order valence-electron chi connectivity index (χ3n) is 10.1. The largest absolute Gasteiger partial charge is 0.394 e. The maximum atomic E-state index is 11.3. The summed E-state index contributed by atoms with van der Waals surface area (Å²) in [7, 11) is 0. The van der Waals surface area contributed by atoms with Crippen molar-refractivity contribution < 1.29 is 64.2 Å². The van der Waals surface area contributed by atoms with Gasteiger partial charge in [-0.05, 0) is 31.4 Å². The number of nitrogens with one attached hydrogen (secondary N) is 1. The van der Waals surface area contributed by atoms with Crippen LogP contribution in [-0.2, 0) is 34.8 Å². The van der Waals surface area contributed by atoms with Gasteiger partial charge in [0.15, 0.2) is 18.9 Å². The molecule has 0 radical (unpaired) electrons. The first kappa shape index (κ1) is 40.6. The highest BCUT2D eigenvalue weighted by molar-refractivity contribution is 5.14. The number of nitrogens with two attached hydrogens (primary N) is 5. The van der Waals surface area contributed by atoms with Crippen molar-refractivity contribution in [2.45, 2.75) is 136 Å². The quantitative estimate of drug-likeness (QED) is 0.0791. The summed E-state index contributed by atoms with van der Waals surface area (Å²) in [4.78, 5) is 0. The third kappa shape index (κ3) is 9.23. The van der Waals surface area contributed by atoms with Crippen molar-refractivity contribution in [3.05, 3.63) is 35.9 Å². The maximum Gasteiger partial charge on any atom is 0.187 e. The van der Waals surface area contributed by atoms with Gasteiger partial charge in [0.1, 0.15) is 67.1 Å². The van der Waals surface area contributed by atoms with Gasteiger partial charge in [0.25, 0.3) is 0 Å². The van der Waals surface area contributed by atoms with Gasteiger partial charge in [-0.1, -0.05) is 30.3 Å². The van der Waals surface area contributed by atoms with Crippen molar-refractivity contribution >= 4 is 0 Å². The van der Waals surface area contributed by atoms with E-state index in [1.54, 1.807) is 0 Å². The lowest BCUT2D eigenvalue weighted by Gasteiger charge is -2.47. The molecule has 19 nitrogen and oxygen atoms in total. The number of benzene rings is 1. The normalized spacial score (nSPS) is 46.3. The molecule has 3 aliphatic heterocycles. The van der Waals surface area contributed by atoms with Crippen molar-refractivity contribution in [1.29, 1.82) is 0 Å². The van der Waals surface area contributed by atoms with Crippen molar-refractivity contribution in [1.82, 2.24) is 5.32 Å². The molecule has 1 aromatic rings. The molecule has 0 aromatic heterocycles. The lowest BCUT2D eigenvalue weighted by molar-refractivity contribution is -0.307. The molecule has 18 N–H and O–H groups in total. The minimum Gasteiger partial charge on any atom is -0.394 e. The van der Waals surface area contributed by atoms with Crippen LogP contribution in [0.15, 0.2) is 30.3 Å². The van der Waals surface area contributed by atoms with Crippen molar-refractivity contribution in [3.8, 4) is 0 Å². The average molecular weight is 733 g/mol. The zero-order valence-corrected chi connectivity index (χ0v) is 28.3. The van der Waals surface area contributed by atoms with Crippen LogP contribution in [0.25, 0.3) is 0 Å². The van der Waals surface area contributed by atoms with E-state index < -0.39 is 123 Å². The molecule has 4 fully saturated rings. The highest BCUT2D eigenvalue weighted by Crippen LogP contribution is 2.34. The lowest BCUT2D eigenvalue weighted by atomic mass is 9.84. The summed E-state index contributed by atoms with van der Waals surface area (Å²) in [6.45, 7) is -0.0254. The fraction of sp³-hybridized carbons (Fsp3) is 0.812. The predicted octanol–water partition coefficient (Wildman–Crippen LogP) is -6.63. The van der Waals surface area contributed by atoms with Crippen LogP contribution in [0.4, 0.5) is 0 Å². The summed E-state index contributed by atoms with van der Waals surface area (Å²) in [6.07, 6.45) is -18.0. The number of hydrogen-bond acceptors (Lipinski definition) is 19. The Morgan fingerprint density at radius 2 is 1.22 bits per heavy atom. The summed E-state index contributed by atoms with van der Waals surface area (Å²) in [6, 6.07) is 5.80. The predicted molar refractivity (Wildman–Crippen MR) is 177 cm³/mol. The van der Waals surface area contributed by atoms with Gasteiger partial charge < -0.3 is 98.2 Å². The van der Waals surface area contributed by atoms with Crippen molar-refractivity contribution in [2.75, 3.05) is 26.2 Å². The van der Waals surface area contributed by atoms with Crippen LogP contribution < -0.4 is 34.0 Å². The Morgan fingerprint density at radius 3 is 1.84 bits per heavy atom. The molecule has 0 amide bonds. The van der Waals surface area contributed by atoms with Gasteiger partial charge in [0.2, 0.25) is 0 Å². The molecule has 19 heteroatoms. The van der Waals surface area contributed by atoms with E-state index in [9.17, 15) is 35.7 Å². The Morgan fingerprint density at radius 1 is 0.647 bits per heavy atom. The number of ether oxygens (including phenoxy) is 6. The molecular formula is C32H56N6O13. The molecular weight excluding hydrogens is 676 g/mol. The Kier molecular flexibility index (Phi) is 14.5. The molecule has 51 heavy (non-hydrogen) atoms. The minimum atomic E-state index is -1.61. The van der Waals surface area contributed by atoms with Gasteiger partial charge in [0, 0.05) is 25.2 Å². The molecule has 5 rings (SSSR count). The summed E-state index contributed by atoms with van der Waals surface area (Å²) in [5, 5.41) is 77.9. The van der Waals surface area contributed by atoms with E-state index in [0.717, 1.165) is 12.8 Å². The second kappa shape index (κ2) is 18.2. The highest BCUT2D eigenvalue weighted by atomic mass is 16.8. The number of aliphatic hydroxyl groups is 7. The SMILES string of the molecule is NC[C@@H]1O[C@H](O[C@H]2[C@@H](O)[C@H](O[C@@H]3[C@@H](O)[C@H](N)C[C@H](N)[C@H]3O[C@H]3O[C@H](CNCCCc4ccccc4)[C@@H](O)[C@H](O)[C@H]3N)O[C@@H]2CO)[C@H](N)[C@@H](O)[C@@H]1O. The van der Waals surface area contributed by atoms with Crippen LogP contribution in [0.5, 0.6) is 0 Å². The molecule has 19 atom stereocenters. The monoisotopic (exact) mass is 732 g/mol. The van der Waals surface area contributed by atoms with Crippen molar-refractivity contribution in [3.63, 3.8) is 0 Å². The Bertz CT molecular complexity index is 1200. The number of aryl methyl sites for hydroxylation is 1. The van der Waals surface area contributed by atoms with Crippen LogP contribution in [-0.4, -0.2) is 178 Å². The van der Waals surface area contributed by atoms with E-state index in [2.05, 4.69) is 5.32 Å². The number of hydrogen-bond donors (Lipinski definition) is 13.